The summed E-state index contributed by atoms with van der Waals surface area (Å²) in [5, 5.41) is 0. The normalized spacial score (nSPS) is 14.5. The van der Waals surface area contributed by atoms with Crippen LogP contribution in [-0.4, -0.2) is 26.1 Å². The number of fused-ring (bicyclic) bond motifs is 1. The van der Waals surface area contributed by atoms with Crippen LogP contribution in [0.25, 0.3) is 0 Å². The van der Waals surface area contributed by atoms with Crippen molar-refractivity contribution in [1.29, 1.82) is 0 Å². The molecule has 6 heteroatoms. The van der Waals surface area contributed by atoms with Crippen LogP contribution < -0.4 is 4.90 Å². The van der Waals surface area contributed by atoms with Gasteiger partial charge in [0.25, 0.3) is 0 Å². The maximum atomic E-state index is 4.65. The molecule has 3 heterocycles. The molecule has 0 aromatic carbocycles. The monoisotopic (exact) mass is 321 g/mol. The van der Waals surface area contributed by atoms with Crippen LogP contribution >= 0.6 is 15.9 Å². The predicted molar refractivity (Wildman–Crippen MR) is 77.0 cm³/mol. The summed E-state index contributed by atoms with van der Waals surface area (Å²) in [7, 11) is 0. The van der Waals surface area contributed by atoms with E-state index in [1.807, 2.05) is 18.5 Å². The van der Waals surface area contributed by atoms with Crippen LogP contribution in [0.3, 0.4) is 0 Å². The Morgan fingerprint density at radius 2 is 2.21 bits per heavy atom. The van der Waals surface area contributed by atoms with E-state index in [1.165, 1.54) is 0 Å². The standard InChI is InChI=1S/C13H16BrN5/c1-2-3-11-16-10(14)8-12(17-11)19-7-6-18-5-4-15-13(18)9-19/h4-5,8H,2-3,6-7,9H2,1H3. The SMILES string of the molecule is CCCc1nc(Br)cc(N2CCn3ccnc3C2)n1. The zero-order valence-corrected chi connectivity index (χ0v) is 12.5. The molecule has 0 saturated carbocycles. The molecule has 1 aliphatic rings. The van der Waals surface area contributed by atoms with Gasteiger partial charge in [0.15, 0.2) is 0 Å². The number of aryl methyl sites for hydroxylation is 1. The molecule has 0 saturated heterocycles. The summed E-state index contributed by atoms with van der Waals surface area (Å²) in [4.78, 5) is 15.7. The zero-order chi connectivity index (χ0) is 13.2. The zero-order valence-electron chi connectivity index (χ0n) is 10.9. The molecule has 0 N–H and O–H groups in total. The molecule has 0 unspecified atom stereocenters. The molecule has 100 valence electrons. The van der Waals surface area contributed by atoms with Gasteiger partial charge >= 0.3 is 0 Å². The molecule has 0 radical (unpaired) electrons. The Hall–Kier alpha value is -1.43. The topological polar surface area (TPSA) is 46.8 Å². The number of imidazole rings is 1. The predicted octanol–water partition coefficient (Wildman–Crippen LogP) is 2.41. The first-order valence-corrected chi connectivity index (χ1v) is 7.34. The third-order valence-corrected chi connectivity index (χ3v) is 3.68. The van der Waals surface area contributed by atoms with Crippen LogP contribution in [-0.2, 0) is 19.5 Å². The van der Waals surface area contributed by atoms with Gasteiger partial charge in [-0.05, 0) is 22.4 Å². The molecule has 0 fully saturated rings. The van der Waals surface area contributed by atoms with Crippen molar-refractivity contribution in [2.24, 2.45) is 0 Å². The number of hydrogen-bond donors (Lipinski definition) is 0. The summed E-state index contributed by atoms with van der Waals surface area (Å²) in [6.45, 7) is 4.86. The Morgan fingerprint density at radius 3 is 3.05 bits per heavy atom. The van der Waals surface area contributed by atoms with E-state index in [1.54, 1.807) is 0 Å². The van der Waals surface area contributed by atoms with Gasteiger partial charge in [-0.1, -0.05) is 6.92 Å². The molecule has 2 aromatic rings. The van der Waals surface area contributed by atoms with E-state index >= 15 is 0 Å². The second-order valence-electron chi connectivity index (χ2n) is 4.67. The van der Waals surface area contributed by atoms with E-state index < -0.39 is 0 Å². The number of rotatable bonds is 3. The van der Waals surface area contributed by atoms with Gasteiger partial charge in [-0.2, -0.15) is 0 Å². The molecule has 2 aromatic heterocycles. The Labute approximate surface area is 120 Å². The highest BCUT2D eigenvalue weighted by Gasteiger charge is 2.18. The number of halogens is 1. The number of hydrogen-bond acceptors (Lipinski definition) is 4. The second kappa shape index (κ2) is 5.28. The molecule has 19 heavy (non-hydrogen) atoms. The summed E-state index contributed by atoms with van der Waals surface area (Å²) in [6.07, 6.45) is 5.86. The fourth-order valence-electron chi connectivity index (χ4n) is 2.32. The maximum Gasteiger partial charge on any atom is 0.133 e. The van der Waals surface area contributed by atoms with Crippen molar-refractivity contribution in [3.8, 4) is 0 Å². The average Bonchev–Trinajstić information content (AvgIpc) is 2.85. The smallest absolute Gasteiger partial charge is 0.133 e. The quantitative estimate of drug-likeness (QED) is 0.814. The molecule has 0 bridgehead atoms. The first kappa shape index (κ1) is 12.6. The van der Waals surface area contributed by atoms with E-state index in [-0.39, 0.29) is 0 Å². The first-order chi connectivity index (χ1) is 9.26. The number of anilines is 1. The van der Waals surface area contributed by atoms with E-state index in [2.05, 4.69) is 47.3 Å². The highest BCUT2D eigenvalue weighted by Crippen LogP contribution is 2.21. The van der Waals surface area contributed by atoms with E-state index in [4.69, 9.17) is 0 Å². The lowest BCUT2D eigenvalue weighted by molar-refractivity contribution is 0.554. The summed E-state index contributed by atoms with van der Waals surface area (Å²) >= 11 is 3.48. The van der Waals surface area contributed by atoms with Gasteiger partial charge < -0.3 is 9.47 Å². The summed E-state index contributed by atoms with van der Waals surface area (Å²) in [5.74, 6) is 2.98. The minimum Gasteiger partial charge on any atom is -0.347 e. The Bertz CT molecular complexity index is 580. The molecule has 0 amide bonds. The lowest BCUT2D eigenvalue weighted by Crippen LogP contribution is -2.34. The van der Waals surface area contributed by atoms with E-state index in [9.17, 15) is 0 Å². The highest BCUT2D eigenvalue weighted by atomic mass is 79.9. The van der Waals surface area contributed by atoms with Crippen LogP contribution in [0, 0.1) is 0 Å². The third kappa shape index (κ3) is 2.63. The second-order valence-corrected chi connectivity index (χ2v) is 5.49. The van der Waals surface area contributed by atoms with Crippen LogP contribution in [0.2, 0.25) is 0 Å². The van der Waals surface area contributed by atoms with Crippen LogP contribution in [0.4, 0.5) is 5.82 Å². The van der Waals surface area contributed by atoms with E-state index in [0.717, 1.165) is 54.5 Å². The molecule has 0 atom stereocenters. The highest BCUT2D eigenvalue weighted by molar-refractivity contribution is 9.10. The third-order valence-electron chi connectivity index (χ3n) is 3.27. The van der Waals surface area contributed by atoms with Crippen molar-refractivity contribution in [2.75, 3.05) is 11.4 Å². The molecule has 3 rings (SSSR count). The maximum absolute atomic E-state index is 4.65. The molecule has 0 aliphatic carbocycles. The molecule has 5 nitrogen and oxygen atoms in total. The molecule has 0 spiro atoms. The fraction of sp³-hybridized carbons (Fsp3) is 0.462. The minimum absolute atomic E-state index is 0.808. The lowest BCUT2D eigenvalue weighted by Gasteiger charge is -2.28. The van der Waals surface area contributed by atoms with E-state index in [0.29, 0.717) is 0 Å². The Balaban J connectivity index is 1.87. The summed E-state index contributed by atoms with van der Waals surface area (Å²) < 4.78 is 3.05. The van der Waals surface area contributed by atoms with Crippen molar-refractivity contribution >= 4 is 21.7 Å². The molecular weight excluding hydrogens is 306 g/mol. The number of nitrogens with zero attached hydrogens (tertiary/aromatic N) is 5. The van der Waals surface area contributed by atoms with Crippen molar-refractivity contribution in [1.82, 2.24) is 19.5 Å². The van der Waals surface area contributed by atoms with Crippen LogP contribution in [0.5, 0.6) is 0 Å². The first-order valence-electron chi connectivity index (χ1n) is 6.54. The molecule has 1 aliphatic heterocycles. The van der Waals surface area contributed by atoms with Crippen molar-refractivity contribution in [3.63, 3.8) is 0 Å². The van der Waals surface area contributed by atoms with Crippen molar-refractivity contribution < 1.29 is 0 Å². The fourth-order valence-corrected chi connectivity index (χ4v) is 2.73. The van der Waals surface area contributed by atoms with Gasteiger partial charge in [-0.3, -0.25) is 0 Å². The van der Waals surface area contributed by atoms with Crippen molar-refractivity contribution in [3.05, 3.63) is 34.7 Å². The van der Waals surface area contributed by atoms with Gasteiger partial charge in [0.1, 0.15) is 22.1 Å². The summed E-state index contributed by atoms with van der Waals surface area (Å²) in [5.41, 5.74) is 0. The molecular formula is C13H16BrN5. The summed E-state index contributed by atoms with van der Waals surface area (Å²) in [6, 6.07) is 1.98. The van der Waals surface area contributed by atoms with Crippen LogP contribution in [0.1, 0.15) is 25.0 Å². The largest absolute Gasteiger partial charge is 0.347 e. The Kier molecular flexibility index (Phi) is 3.50. The minimum atomic E-state index is 0.808. The van der Waals surface area contributed by atoms with Gasteiger partial charge in [0, 0.05) is 38.0 Å². The van der Waals surface area contributed by atoms with Gasteiger partial charge in [0.05, 0.1) is 6.54 Å². The van der Waals surface area contributed by atoms with Crippen LogP contribution in [0.15, 0.2) is 23.1 Å². The number of aromatic nitrogens is 4. The average molecular weight is 322 g/mol. The van der Waals surface area contributed by atoms with Gasteiger partial charge in [0.2, 0.25) is 0 Å². The lowest BCUT2D eigenvalue weighted by atomic mass is 10.3. The Morgan fingerprint density at radius 1 is 1.32 bits per heavy atom. The van der Waals surface area contributed by atoms with Crippen molar-refractivity contribution in [2.45, 2.75) is 32.9 Å². The van der Waals surface area contributed by atoms with Gasteiger partial charge in [-0.15, -0.1) is 0 Å². The van der Waals surface area contributed by atoms with Gasteiger partial charge in [-0.25, -0.2) is 15.0 Å².